The van der Waals surface area contributed by atoms with Crippen molar-refractivity contribution in [3.05, 3.63) is 42.0 Å². The van der Waals surface area contributed by atoms with Crippen molar-refractivity contribution in [1.82, 2.24) is 4.90 Å². The summed E-state index contributed by atoms with van der Waals surface area (Å²) in [6, 6.07) is 8.87. The van der Waals surface area contributed by atoms with Gasteiger partial charge in [0.1, 0.15) is 11.9 Å². The molecule has 1 fully saturated rings. The molecule has 1 saturated heterocycles. The molecule has 0 radical (unpaired) electrons. The number of likely N-dealkylation sites (N-methyl/N-ethyl adjacent to an activating group) is 1. The minimum absolute atomic E-state index is 0.133. The maximum Gasteiger partial charge on any atom is 0.118 e. The normalized spacial score (nSPS) is 31.8. The van der Waals surface area contributed by atoms with E-state index in [2.05, 4.69) is 35.0 Å². The van der Waals surface area contributed by atoms with Crippen LogP contribution in [0.3, 0.4) is 0 Å². The van der Waals surface area contributed by atoms with Gasteiger partial charge in [0.25, 0.3) is 0 Å². The summed E-state index contributed by atoms with van der Waals surface area (Å²) in [5, 5.41) is 8.91. The highest BCUT2D eigenvalue weighted by atomic mass is 17.1. The zero-order valence-electron chi connectivity index (χ0n) is 13.3. The number of benzene rings is 1. The molecule has 1 aromatic rings. The summed E-state index contributed by atoms with van der Waals surface area (Å²) in [4.78, 5) is 7.00. The lowest BCUT2D eigenvalue weighted by molar-refractivity contribution is -0.271. The van der Waals surface area contributed by atoms with Crippen molar-refractivity contribution in [1.29, 1.82) is 0 Å². The SMILES string of the molecule is COc1ccc(C[C@@H]2[C@@H]3C=C[C@H](OO)C[C@H]3CCN2C)cc1. The van der Waals surface area contributed by atoms with Crippen molar-refractivity contribution in [2.24, 2.45) is 11.8 Å². The fourth-order valence-electron chi connectivity index (χ4n) is 3.90. The molecule has 4 atom stereocenters. The van der Waals surface area contributed by atoms with Gasteiger partial charge in [-0.15, -0.1) is 0 Å². The predicted molar refractivity (Wildman–Crippen MR) is 86.0 cm³/mol. The van der Waals surface area contributed by atoms with Crippen LogP contribution < -0.4 is 4.74 Å². The molecule has 1 heterocycles. The molecule has 4 heteroatoms. The van der Waals surface area contributed by atoms with Crippen LogP contribution in [-0.2, 0) is 11.3 Å². The van der Waals surface area contributed by atoms with Crippen LogP contribution in [0.1, 0.15) is 18.4 Å². The summed E-state index contributed by atoms with van der Waals surface area (Å²) < 4.78 is 5.23. The highest BCUT2D eigenvalue weighted by molar-refractivity contribution is 5.28. The fourth-order valence-corrected chi connectivity index (χ4v) is 3.90. The molecule has 1 N–H and O–H groups in total. The van der Waals surface area contributed by atoms with Crippen LogP contribution in [0.2, 0.25) is 0 Å². The summed E-state index contributed by atoms with van der Waals surface area (Å²) in [7, 11) is 3.91. The van der Waals surface area contributed by atoms with Crippen LogP contribution in [-0.4, -0.2) is 43.0 Å². The van der Waals surface area contributed by atoms with Crippen molar-refractivity contribution < 1.29 is 14.9 Å². The lowest BCUT2D eigenvalue weighted by atomic mass is 9.72. The molecule has 0 bridgehead atoms. The Balaban J connectivity index is 1.75. The van der Waals surface area contributed by atoms with E-state index < -0.39 is 0 Å². The van der Waals surface area contributed by atoms with Crippen molar-refractivity contribution in [3.63, 3.8) is 0 Å². The number of hydrogen-bond donors (Lipinski definition) is 1. The average Bonchev–Trinajstić information content (AvgIpc) is 2.57. The molecule has 1 aromatic carbocycles. The van der Waals surface area contributed by atoms with Gasteiger partial charge in [-0.2, -0.15) is 0 Å². The van der Waals surface area contributed by atoms with Gasteiger partial charge >= 0.3 is 0 Å². The van der Waals surface area contributed by atoms with E-state index >= 15 is 0 Å². The number of rotatable bonds is 4. The third kappa shape index (κ3) is 3.19. The second-order valence-electron chi connectivity index (χ2n) is 6.49. The molecular weight excluding hydrogens is 278 g/mol. The van der Waals surface area contributed by atoms with Gasteiger partial charge in [0.05, 0.1) is 7.11 Å². The third-order valence-electron chi connectivity index (χ3n) is 5.23. The van der Waals surface area contributed by atoms with Gasteiger partial charge in [-0.05, 0) is 62.4 Å². The van der Waals surface area contributed by atoms with Crippen molar-refractivity contribution in [2.75, 3.05) is 20.7 Å². The lowest BCUT2D eigenvalue weighted by Gasteiger charge is -2.45. The molecule has 0 saturated carbocycles. The molecule has 0 unspecified atom stereocenters. The van der Waals surface area contributed by atoms with Gasteiger partial charge in [0.2, 0.25) is 0 Å². The second-order valence-corrected chi connectivity index (χ2v) is 6.49. The number of nitrogens with zero attached hydrogens (tertiary/aromatic N) is 1. The molecular formula is C18H25NO3. The summed E-state index contributed by atoms with van der Waals surface area (Å²) in [5.74, 6) is 2.04. The summed E-state index contributed by atoms with van der Waals surface area (Å²) in [6.07, 6.45) is 7.26. The Bertz CT molecular complexity index is 514. The lowest BCUT2D eigenvalue weighted by Crippen LogP contribution is -2.49. The topological polar surface area (TPSA) is 41.9 Å². The van der Waals surface area contributed by atoms with E-state index in [1.54, 1.807) is 7.11 Å². The van der Waals surface area contributed by atoms with E-state index in [1.165, 1.54) is 12.0 Å². The number of ether oxygens (including phenoxy) is 1. The van der Waals surface area contributed by atoms with E-state index in [0.717, 1.165) is 25.1 Å². The predicted octanol–water partition coefficient (Wildman–Crippen LogP) is 2.99. The Labute approximate surface area is 132 Å². The smallest absolute Gasteiger partial charge is 0.118 e. The Morgan fingerprint density at radius 2 is 2.00 bits per heavy atom. The van der Waals surface area contributed by atoms with E-state index in [9.17, 15) is 0 Å². The third-order valence-corrected chi connectivity index (χ3v) is 5.23. The van der Waals surface area contributed by atoms with Gasteiger partial charge in [0.15, 0.2) is 0 Å². The number of methoxy groups -OCH3 is 1. The summed E-state index contributed by atoms with van der Waals surface area (Å²) in [5.41, 5.74) is 1.34. The molecule has 0 aromatic heterocycles. The molecule has 4 nitrogen and oxygen atoms in total. The maximum absolute atomic E-state index is 8.91. The molecule has 120 valence electrons. The van der Waals surface area contributed by atoms with Crippen LogP contribution in [0.25, 0.3) is 0 Å². The second kappa shape index (κ2) is 6.82. The van der Waals surface area contributed by atoms with Gasteiger partial charge in [-0.25, -0.2) is 4.89 Å². The Kier molecular flexibility index (Phi) is 4.81. The minimum Gasteiger partial charge on any atom is -0.497 e. The van der Waals surface area contributed by atoms with Gasteiger partial charge in [-0.1, -0.05) is 24.3 Å². The van der Waals surface area contributed by atoms with E-state index in [0.29, 0.717) is 17.9 Å². The first kappa shape index (κ1) is 15.5. The molecule has 22 heavy (non-hydrogen) atoms. The van der Waals surface area contributed by atoms with Gasteiger partial charge in [-0.3, -0.25) is 5.26 Å². The average molecular weight is 303 g/mol. The minimum atomic E-state index is -0.133. The summed E-state index contributed by atoms with van der Waals surface area (Å²) in [6.45, 7) is 1.11. The Hall–Kier alpha value is -1.36. The molecule has 3 rings (SSSR count). The zero-order chi connectivity index (χ0) is 15.5. The highest BCUT2D eigenvalue weighted by Gasteiger charge is 2.38. The molecule has 1 aliphatic carbocycles. The number of fused-ring (bicyclic) bond motifs is 1. The fraction of sp³-hybridized carbons (Fsp3) is 0.556. The largest absolute Gasteiger partial charge is 0.497 e. The van der Waals surface area contributed by atoms with Crippen LogP contribution in [0.15, 0.2) is 36.4 Å². The highest BCUT2D eigenvalue weighted by Crippen LogP contribution is 2.37. The van der Waals surface area contributed by atoms with Crippen molar-refractivity contribution in [2.45, 2.75) is 31.4 Å². The first-order valence-electron chi connectivity index (χ1n) is 8.03. The van der Waals surface area contributed by atoms with Gasteiger partial charge in [0, 0.05) is 6.04 Å². The van der Waals surface area contributed by atoms with E-state index in [4.69, 9.17) is 9.99 Å². The van der Waals surface area contributed by atoms with Crippen LogP contribution in [0, 0.1) is 11.8 Å². The zero-order valence-corrected chi connectivity index (χ0v) is 13.3. The quantitative estimate of drug-likeness (QED) is 0.527. The van der Waals surface area contributed by atoms with Crippen LogP contribution in [0.4, 0.5) is 0 Å². The monoisotopic (exact) mass is 303 g/mol. The first-order valence-corrected chi connectivity index (χ1v) is 8.03. The standard InChI is InChI=1S/C18H25NO3/c1-19-10-9-14-12-16(22-20)7-8-17(14)18(19)11-13-3-5-15(21-2)6-4-13/h3-8,14,16-18,20H,9-12H2,1-2H3/t14-,16+,17-,18-/m1/s1. The van der Waals surface area contributed by atoms with E-state index in [1.807, 2.05) is 18.2 Å². The van der Waals surface area contributed by atoms with E-state index in [-0.39, 0.29) is 6.10 Å². The van der Waals surface area contributed by atoms with Crippen LogP contribution in [0.5, 0.6) is 5.75 Å². The number of hydrogen-bond acceptors (Lipinski definition) is 4. The van der Waals surface area contributed by atoms with Gasteiger partial charge < -0.3 is 9.64 Å². The van der Waals surface area contributed by atoms with Crippen LogP contribution >= 0.6 is 0 Å². The molecule has 0 amide bonds. The molecule has 0 spiro atoms. The first-order chi connectivity index (χ1) is 10.7. The van der Waals surface area contributed by atoms with Crippen molar-refractivity contribution in [3.8, 4) is 5.75 Å². The number of piperidine rings is 1. The maximum atomic E-state index is 8.91. The Morgan fingerprint density at radius 1 is 1.23 bits per heavy atom. The molecule has 1 aliphatic heterocycles. The summed E-state index contributed by atoms with van der Waals surface area (Å²) >= 11 is 0. The molecule has 2 aliphatic rings. The number of likely N-dealkylation sites (tertiary alicyclic amines) is 1. The van der Waals surface area contributed by atoms with Crippen molar-refractivity contribution >= 4 is 0 Å². The Morgan fingerprint density at radius 3 is 2.68 bits per heavy atom.